The van der Waals surface area contributed by atoms with Gasteiger partial charge in [-0.3, -0.25) is 4.90 Å². The highest BCUT2D eigenvalue weighted by Gasteiger charge is 2.21. The molecule has 1 aromatic rings. The van der Waals surface area contributed by atoms with Crippen LogP contribution in [-0.4, -0.2) is 63.5 Å². The van der Waals surface area contributed by atoms with Gasteiger partial charge in [-0.05, 0) is 18.6 Å². The Kier molecular flexibility index (Phi) is 5.28. The number of piperazine rings is 1. The lowest BCUT2D eigenvalue weighted by atomic mass is 10.1. The summed E-state index contributed by atoms with van der Waals surface area (Å²) in [6.45, 7) is 7.26. The molecule has 2 heterocycles. The third-order valence-corrected chi connectivity index (χ3v) is 4.39. The molecule has 2 saturated heterocycles. The molecule has 0 radical (unpaired) electrons. The molecule has 3 rings (SSSR count). The van der Waals surface area contributed by atoms with Gasteiger partial charge < -0.3 is 14.4 Å². The van der Waals surface area contributed by atoms with Gasteiger partial charge in [0, 0.05) is 32.7 Å². The van der Waals surface area contributed by atoms with Gasteiger partial charge in [0.1, 0.15) is 6.07 Å². The van der Waals surface area contributed by atoms with Crippen molar-refractivity contribution >= 4 is 5.69 Å². The highest BCUT2D eigenvalue weighted by Crippen LogP contribution is 2.21. The molecule has 2 aliphatic rings. The highest BCUT2D eigenvalue weighted by molar-refractivity contribution is 5.59. The van der Waals surface area contributed by atoms with Crippen LogP contribution in [0.25, 0.3) is 0 Å². The second kappa shape index (κ2) is 7.59. The predicted octanol–water partition coefficient (Wildman–Crippen LogP) is 1.49. The Labute approximate surface area is 132 Å². The summed E-state index contributed by atoms with van der Waals surface area (Å²) in [5.41, 5.74) is 1.83. The zero-order valence-electron chi connectivity index (χ0n) is 12.9. The van der Waals surface area contributed by atoms with Crippen molar-refractivity contribution in [2.75, 3.05) is 57.4 Å². The van der Waals surface area contributed by atoms with Gasteiger partial charge in [0.2, 0.25) is 0 Å². The van der Waals surface area contributed by atoms with E-state index in [0.29, 0.717) is 0 Å². The van der Waals surface area contributed by atoms with E-state index in [0.717, 1.165) is 70.2 Å². The Hall–Kier alpha value is -1.61. The van der Waals surface area contributed by atoms with Crippen LogP contribution in [0.2, 0.25) is 0 Å². The van der Waals surface area contributed by atoms with Gasteiger partial charge in [-0.1, -0.05) is 12.1 Å². The quantitative estimate of drug-likeness (QED) is 0.843. The Bertz CT molecular complexity index is 515. The van der Waals surface area contributed by atoms with E-state index in [1.807, 2.05) is 24.3 Å². The van der Waals surface area contributed by atoms with Gasteiger partial charge in [0.25, 0.3) is 0 Å². The molecule has 1 unspecified atom stereocenters. The molecule has 0 amide bonds. The van der Waals surface area contributed by atoms with E-state index < -0.39 is 0 Å². The molecular formula is C17H23N3O2. The van der Waals surface area contributed by atoms with Crippen LogP contribution in [0.4, 0.5) is 5.69 Å². The lowest BCUT2D eigenvalue weighted by molar-refractivity contribution is -0.0927. The van der Waals surface area contributed by atoms with Gasteiger partial charge in [0.15, 0.2) is 0 Å². The second-order valence-corrected chi connectivity index (χ2v) is 5.81. The summed E-state index contributed by atoms with van der Waals surface area (Å²) in [5, 5.41) is 9.22. The standard InChI is InChI=1S/C17H23N3O2/c18-13-15-3-1-2-4-17(15)20-9-7-19(8-10-20)6-5-16-14-21-11-12-22-16/h1-4,16H,5-12,14H2. The fourth-order valence-corrected chi connectivity index (χ4v) is 3.09. The molecule has 0 bridgehead atoms. The first kappa shape index (κ1) is 15.3. The van der Waals surface area contributed by atoms with Gasteiger partial charge in [-0.25, -0.2) is 0 Å². The molecule has 1 aromatic carbocycles. The Morgan fingerprint density at radius 2 is 1.95 bits per heavy atom. The summed E-state index contributed by atoms with van der Waals surface area (Å²) >= 11 is 0. The largest absolute Gasteiger partial charge is 0.376 e. The molecule has 0 spiro atoms. The molecule has 5 nitrogen and oxygen atoms in total. The van der Waals surface area contributed by atoms with E-state index in [2.05, 4.69) is 15.9 Å². The van der Waals surface area contributed by atoms with Crippen LogP contribution in [-0.2, 0) is 9.47 Å². The number of anilines is 1. The zero-order valence-corrected chi connectivity index (χ0v) is 12.9. The molecule has 2 fully saturated rings. The number of para-hydroxylation sites is 1. The van der Waals surface area contributed by atoms with Gasteiger partial charge in [-0.2, -0.15) is 5.26 Å². The van der Waals surface area contributed by atoms with E-state index >= 15 is 0 Å². The molecule has 0 saturated carbocycles. The lowest BCUT2D eigenvalue weighted by Crippen LogP contribution is -2.47. The van der Waals surface area contributed by atoms with Crippen LogP contribution in [0.5, 0.6) is 0 Å². The third kappa shape index (κ3) is 3.77. The first-order valence-corrected chi connectivity index (χ1v) is 8.02. The third-order valence-electron chi connectivity index (χ3n) is 4.39. The normalized spacial score (nSPS) is 23.2. The number of ether oxygens (including phenoxy) is 2. The number of nitriles is 1. The Balaban J connectivity index is 1.47. The minimum Gasteiger partial charge on any atom is -0.376 e. The molecule has 1 atom stereocenters. The van der Waals surface area contributed by atoms with Crippen molar-refractivity contribution in [3.05, 3.63) is 29.8 Å². The van der Waals surface area contributed by atoms with Crippen molar-refractivity contribution in [2.45, 2.75) is 12.5 Å². The SMILES string of the molecule is N#Cc1ccccc1N1CCN(CCC2COCCO2)CC1. The average molecular weight is 301 g/mol. The maximum atomic E-state index is 9.22. The van der Waals surface area contributed by atoms with E-state index in [1.165, 1.54) is 0 Å². The second-order valence-electron chi connectivity index (χ2n) is 5.81. The molecule has 0 aliphatic carbocycles. The van der Waals surface area contributed by atoms with Crippen molar-refractivity contribution in [3.63, 3.8) is 0 Å². The molecule has 0 aromatic heterocycles. The summed E-state index contributed by atoms with van der Waals surface area (Å²) in [7, 11) is 0. The van der Waals surface area contributed by atoms with Crippen LogP contribution in [0.3, 0.4) is 0 Å². The summed E-state index contributed by atoms with van der Waals surface area (Å²) in [5.74, 6) is 0. The van der Waals surface area contributed by atoms with E-state index in [-0.39, 0.29) is 6.10 Å². The predicted molar refractivity (Wildman–Crippen MR) is 85.0 cm³/mol. The highest BCUT2D eigenvalue weighted by atomic mass is 16.6. The number of nitrogens with zero attached hydrogens (tertiary/aromatic N) is 3. The minimum atomic E-state index is 0.256. The molecule has 22 heavy (non-hydrogen) atoms. The minimum absolute atomic E-state index is 0.256. The summed E-state index contributed by atoms with van der Waals surface area (Å²) in [6.07, 6.45) is 1.29. The van der Waals surface area contributed by atoms with Crippen LogP contribution in [0, 0.1) is 11.3 Å². The monoisotopic (exact) mass is 301 g/mol. The summed E-state index contributed by atoms with van der Waals surface area (Å²) in [4.78, 5) is 4.79. The van der Waals surface area contributed by atoms with Crippen LogP contribution in [0.15, 0.2) is 24.3 Å². The van der Waals surface area contributed by atoms with Gasteiger partial charge in [-0.15, -0.1) is 0 Å². The fraction of sp³-hybridized carbons (Fsp3) is 0.588. The van der Waals surface area contributed by atoms with E-state index in [9.17, 15) is 5.26 Å². The maximum Gasteiger partial charge on any atom is 0.101 e. The fourth-order valence-electron chi connectivity index (χ4n) is 3.09. The smallest absolute Gasteiger partial charge is 0.101 e. The number of rotatable bonds is 4. The molecule has 0 N–H and O–H groups in total. The van der Waals surface area contributed by atoms with Crippen molar-refractivity contribution in [1.82, 2.24) is 4.90 Å². The van der Waals surface area contributed by atoms with Crippen molar-refractivity contribution in [1.29, 1.82) is 5.26 Å². The first-order chi connectivity index (χ1) is 10.9. The van der Waals surface area contributed by atoms with Crippen molar-refractivity contribution in [3.8, 4) is 6.07 Å². The van der Waals surface area contributed by atoms with Crippen LogP contribution >= 0.6 is 0 Å². The topological polar surface area (TPSA) is 48.7 Å². The maximum absolute atomic E-state index is 9.22. The molecule has 5 heteroatoms. The Morgan fingerprint density at radius 1 is 1.14 bits per heavy atom. The lowest BCUT2D eigenvalue weighted by Gasteiger charge is -2.37. The molecule has 118 valence electrons. The number of hydrogen-bond acceptors (Lipinski definition) is 5. The van der Waals surface area contributed by atoms with Crippen molar-refractivity contribution in [2.24, 2.45) is 0 Å². The van der Waals surface area contributed by atoms with Crippen molar-refractivity contribution < 1.29 is 9.47 Å². The van der Waals surface area contributed by atoms with Gasteiger partial charge >= 0.3 is 0 Å². The van der Waals surface area contributed by atoms with Crippen LogP contribution in [0.1, 0.15) is 12.0 Å². The molecular weight excluding hydrogens is 278 g/mol. The van der Waals surface area contributed by atoms with E-state index in [1.54, 1.807) is 0 Å². The average Bonchev–Trinajstić information content (AvgIpc) is 2.61. The number of hydrogen-bond donors (Lipinski definition) is 0. The zero-order chi connectivity index (χ0) is 15.2. The Morgan fingerprint density at radius 3 is 2.68 bits per heavy atom. The van der Waals surface area contributed by atoms with E-state index in [4.69, 9.17) is 9.47 Å². The first-order valence-electron chi connectivity index (χ1n) is 8.02. The van der Waals surface area contributed by atoms with Crippen LogP contribution < -0.4 is 4.90 Å². The number of benzene rings is 1. The van der Waals surface area contributed by atoms with Gasteiger partial charge in [0.05, 0.1) is 37.2 Å². The summed E-state index contributed by atoms with van der Waals surface area (Å²) in [6, 6.07) is 10.1. The molecule has 2 aliphatic heterocycles. The summed E-state index contributed by atoms with van der Waals surface area (Å²) < 4.78 is 11.1.